The van der Waals surface area contributed by atoms with E-state index in [-0.39, 0.29) is 18.8 Å². The predicted octanol–water partition coefficient (Wildman–Crippen LogP) is 9.34. The number of ether oxygens (including phenoxy) is 1. The lowest BCUT2D eigenvalue weighted by Gasteiger charge is -2.54. The highest BCUT2D eigenvalue weighted by molar-refractivity contribution is 6.10. The van der Waals surface area contributed by atoms with Gasteiger partial charge in [-0.2, -0.15) is 5.26 Å². The highest BCUT2D eigenvalue weighted by atomic mass is 16.5. The van der Waals surface area contributed by atoms with Crippen molar-refractivity contribution in [3.63, 3.8) is 0 Å². The van der Waals surface area contributed by atoms with E-state index in [0.29, 0.717) is 16.7 Å². The monoisotopic (exact) mass is 657 g/mol. The van der Waals surface area contributed by atoms with Crippen molar-refractivity contribution in [2.24, 2.45) is 11.3 Å². The fraction of sp³-hybridized carbons (Fsp3) is 0.222. The van der Waals surface area contributed by atoms with E-state index in [0.717, 1.165) is 38.2 Å². The molecule has 0 aromatic heterocycles. The number of esters is 1. The molecule has 5 heteroatoms. The Kier molecular flexibility index (Phi) is 8.59. The molecule has 0 spiro atoms. The summed E-state index contributed by atoms with van der Waals surface area (Å²) in [6, 6.07) is 44.7. The molecule has 1 aliphatic rings. The van der Waals surface area contributed by atoms with Crippen molar-refractivity contribution < 1.29 is 19.4 Å². The molecule has 0 radical (unpaired) electrons. The minimum Gasteiger partial charge on any atom is -0.465 e. The SMILES string of the molecule is CCOC(=O)[C@]1(C#N)[C@H](c2ccc(C)cc2)C[C@](O)(c2cccc3ccccc23)[C@H](C(=O)c2cccc3ccccc23)[C@@H]1c1ccc(C)cc1. The number of benzene rings is 6. The number of nitriles is 1. The van der Waals surface area contributed by atoms with Crippen LogP contribution in [0.1, 0.15) is 63.4 Å². The largest absolute Gasteiger partial charge is 0.465 e. The molecule has 6 aromatic rings. The molecule has 0 saturated heterocycles. The van der Waals surface area contributed by atoms with Gasteiger partial charge in [-0.15, -0.1) is 0 Å². The van der Waals surface area contributed by atoms with E-state index in [2.05, 4.69) is 6.07 Å². The molecule has 0 bridgehead atoms. The third kappa shape index (κ3) is 5.28. The summed E-state index contributed by atoms with van der Waals surface area (Å²) in [6.45, 7) is 5.72. The Morgan fingerprint density at radius 1 is 0.740 bits per heavy atom. The topological polar surface area (TPSA) is 87.4 Å². The number of aliphatic hydroxyl groups is 1. The Hall–Kier alpha value is -5.57. The van der Waals surface area contributed by atoms with Gasteiger partial charge in [0, 0.05) is 17.4 Å². The average molecular weight is 658 g/mol. The van der Waals surface area contributed by atoms with Gasteiger partial charge in [0.1, 0.15) is 5.60 Å². The number of carbonyl (C=O) groups excluding carboxylic acids is 2. The lowest BCUT2D eigenvalue weighted by Crippen LogP contribution is -2.59. The zero-order valence-electron chi connectivity index (χ0n) is 28.5. The molecule has 6 aromatic carbocycles. The predicted molar refractivity (Wildman–Crippen MR) is 197 cm³/mol. The van der Waals surface area contributed by atoms with Crippen LogP contribution in [0, 0.1) is 36.5 Å². The van der Waals surface area contributed by atoms with Gasteiger partial charge in [0.15, 0.2) is 11.2 Å². The molecule has 1 N–H and O–H groups in total. The van der Waals surface area contributed by atoms with E-state index in [1.165, 1.54) is 0 Å². The van der Waals surface area contributed by atoms with Crippen LogP contribution in [-0.2, 0) is 15.1 Å². The van der Waals surface area contributed by atoms with Gasteiger partial charge >= 0.3 is 5.97 Å². The van der Waals surface area contributed by atoms with Gasteiger partial charge in [-0.3, -0.25) is 9.59 Å². The second-order valence-electron chi connectivity index (χ2n) is 13.6. The first kappa shape index (κ1) is 33.0. The summed E-state index contributed by atoms with van der Waals surface area (Å²) in [6.07, 6.45) is -0.0695. The van der Waals surface area contributed by atoms with Crippen molar-refractivity contribution in [1.29, 1.82) is 5.26 Å². The van der Waals surface area contributed by atoms with Crippen molar-refractivity contribution >= 4 is 33.3 Å². The minimum absolute atomic E-state index is 0.0546. The first-order valence-corrected chi connectivity index (χ1v) is 17.2. The fourth-order valence-electron chi connectivity index (χ4n) is 8.33. The van der Waals surface area contributed by atoms with Crippen LogP contribution in [0.15, 0.2) is 133 Å². The number of hydrogen-bond acceptors (Lipinski definition) is 5. The van der Waals surface area contributed by atoms with Gasteiger partial charge in [-0.1, -0.05) is 145 Å². The quantitative estimate of drug-likeness (QED) is 0.137. The molecule has 1 saturated carbocycles. The number of fused-ring (bicyclic) bond motifs is 2. The molecular formula is C45H39NO4. The maximum absolute atomic E-state index is 15.6. The number of nitrogens with zero attached hydrogens (tertiary/aromatic N) is 1. The summed E-state index contributed by atoms with van der Waals surface area (Å²) in [7, 11) is 0. The molecule has 0 aliphatic heterocycles. The zero-order valence-corrected chi connectivity index (χ0v) is 28.5. The maximum atomic E-state index is 15.6. The summed E-state index contributed by atoms with van der Waals surface area (Å²) in [5.74, 6) is -4.22. The number of carbonyl (C=O) groups is 2. The van der Waals surface area contributed by atoms with Gasteiger partial charge in [-0.25, -0.2) is 0 Å². The maximum Gasteiger partial charge on any atom is 0.327 e. The van der Waals surface area contributed by atoms with Crippen molar-refractivity contribution in [1.82, 2.24) is 0 Å². The molecule has 1 aliphatic carbocycles. The van der Waals surface area contributed by atoms with Gasteiger partial charge in [0.05, 0.1) is 18.6 Å². The van der Waals surface area contributed by atoms with E-state index in [1.54, 1.807) is 13.0 Å². The van der Waals surface area contributed by atoms with E-state index < -0.39 is 34.7 Å². The molecule has 50 heavy (non-hydrogen) atoms. The summed E-state index contributed by atoms with van der Waals surface area (Å²) in [5.41, 5.74) is 0.643. The average Bonchev–Trinajstić information content (AvgIpc) is 3.14. The number of ketones is 1. The summed E-state index contributed by atoms with van der Waals surface area (Å²) in [5, 5.41) is 28.6. The van der Waals surface area contributed by atoms with Crippen molar-refractivity contribution in [2.75, 3.05) is 6.61 Å². The number of aryl methyl sites for hydroxylation is 2. The van der Waals surface area contributed by atoms with Crippen LogP contribution < -0.4 is 0 Å². The van der Waals surface area contributed by atoms with Crippen LogP contribution >= 0.6 is 0 Å². The molecule has 0 unspecified atom stereocenters. The Morgan fingerprint density at radius 2 is 1.28 bits per heavy atom. The molecule has 5 nitrogen and oxygen atoms in total. The standard InChI is InChI=1S/C45H39NO4/c1-4-50-43(48)44(28-46)39(33-23-19-29(2)20-24-33)27-45(49,38-18-10-14-32-12-6-8-16-36(32)38)41(40(44)34-25-21-30(3)22-26-34)42(47)37-17-9-13-31-11-5-7-15-35(31)37/h5-26,39-41,49H,4,27H2,1-3H3/t39-,40-,41-,44+,45-/m0/s1. The normalized spacial score (nSPS) is 23.3. The summed E-state index contributed by atoms with van der Waals surface area (Å²) >= 11 is 0. The summed E-state index contributed by atoms with van der Waals surface area (Å²) < 4.78 is 5.82. The molecule has 1 fully saturated rings. The highest BCUT2D eigenvalue weighted by Crippen LogP contribution is 2.64. The first-order chi connectivity index (χ1) is 24.2. The molecule has 0 amide bonds. The van der Waals surface area contributed by atoms with Crippen molar-refractivity contribution in [3.8, 4) is 6.07 Å². The Morgan fingerprint density at radius 3 is 1.90 bits per heavy atom. The van der Waals surface area contributed by atoms with E-state index in [9.17, 15) is 15.2 Å². The van der Waals surface area contributed by atoms with Gasteiger partial charge in [0.2, 0.25) is 0 Å². The van der Waals surface area contributed by atoms with Gasteiger partial charge in [0.25, 0.3) is 0 Å². The van der Waals surface area contributed by atoms with Crippen LogP contribution in [0.4, 0.5) is 0 Å². The Balaban J connectivity index is 1.62. The minimum atomic E-state index is -1.87. The molecule has 5 atom stereocenters. The van der Waals surface area contributed by atoms with Crippen LogP contribution in [-0.4, -0.2) is 23.5 Å². The van der Waals surface area contributed by atoms with Crippen LogP contribution in [0.25, 0.3) is 21.5 Å². The number of hydrogen-bond donors (Lipinski definition) is 1. The van der Waals surface area contributed by atoms with E-state index in [4.69, 9.17) is 4.74 Å². The van der Waals surface area contributed by atoms with Crippen LogP contribution in [0.2, 0.25) is 0 Å². The van der Waals surface area contributed by atoms with E-state index in [1.807, 2.05) is 141 Å². The second kappa shape index (κ2) is 13.0. The van der Waals surface area contributed by atoms with E-state index >= 15 is 4.79 Å². The fourth-order valence-corrected chi connectivity index (χ4v) is 8.33. The number of Topliss-reactive ketones (excluding diaryl/α,β-unsaturated/α-hetero) is 1. The zero-order chi connectivity index (χ0) is 35.0. The first-order valence-electron chi connectivity index (χ1n) is 17.2. The van der Waals surface area contributed by atoms with Gasteiger partial charge in [-0.05, 0) is 65.4 Å². The number of rotatable bonds is 7. The lowest BCUT2D eigenvalue weighted by molar-refractivity contribution is -0.164. The Labute approximate surface area is 292 Å². The lowest BCUT2D eigenvalue weighted by atomic mass is 9.47. The van der Waals surface area contributed by atoms with Gasteiger partial charge < -0.3 is 9.84 Å². The Bertz CT molecular complexity index is 2260. The van der Waals surface area contributed by atoms with Crippen LogP contribution in [0.3, 0.4) is 0 Å². The smallest absolute Gasteiger partial charge is 0.327 e. The molecule has 248 valence electrons. The van der Waals surface area contributed by atoms with Crippen molar-refractivity contribution in [3.05, 3.63) is 167 Å². The molecule has 0 heterocycles. The molecule has 7 rings (SSSR count). The highest BCUT2D eigenvalue weighted by Gasteiger charge is 2.68. The summed E-state index contributed by atoms with van der Waals surface area (Å²) in [4.78, 5) is 30.3. The molecular weight excluding hydrogens is 618 g/mol. The third-order valence-electron chi connectivity index (χ3n) is 10.7. The third-order valence-corrected chi connectivity index (χ3v) is 10.7. The second-order valence-corrected chi connectivity index (χ2v) is 13.6. The van der Waals surface area contributed by atoms with Crippen LogP contribution in [0.5, 0.6) is 0 Å². The van der Waals surface area contributed by atoms with Crippen molar-refractivity contribution in [2.45, 2.75) is 44.6 Å².